The van der Waals surface area contributed by atoms with Crippen molar-refractivity contribution in [2.45, 2.75) is 38.5 Å². The Bertz CT molecular complexity index is 378. The topological polar surface area (TPSA) is 24.9 Å². The maximum absolute atomic E-state index is 4.34. The Morgan fingerprint density at radius 2 is 2.18 bits per heavy atom. The van der Waals surface area contributed by atoms with E-state index in [9.17, 15) is 0 Å². The van der Waals surface area contributed by atoms with Gasteiger partial charge in [0.15, 0.2) is 0 Å². The van der Waals surface area contributed by atoms with Gasteiger partial charge < -0.3 is 5.32 Å². The summed E-state index contributed by atoms with van der Waals surface area (Å²) in [5, 5.41) is 3.06. The normalized spacial score (nSPS) is 16.8. The van der Waals surface area contributed by atoms with Crippen LogP contribution in [0.4, 0.5) is 0 Å². The molecule has 1 aromatic heterocycles. The standard InChI is InChI=1S/C15H22N2/c1-12(16-2)15-11-14(8-9-17-15)10-13-6-4-3-5-7-13/h8-9,11,13,16H,1,3-7,10H2,2H3. The number of hydrogen-bond donors (Lipinski definition) is 1. The highest BCUT2D eigenvalue weighted by Crippen LogP contribution is 2.27. The van der Waals surface area contributed by atoms with Crippen LogP contribution >= 0.6 is 0 Å². The summed E-state index contributed by atoms with van der Waals surface area (Å²) in [5.74, 6) is 0.877. The van der Waals surface area contributed by atoms with Gasteiger partial charge >= 0.3 is 0 Å². The van der Waals surface area contributed by atoms with Crippen molar-refractivity contribution < 1.29 is 0 Å². The lowest BCUT2D eigenvalue weighted by atomic mass is 9.85. The molecule has 17 heavy (non-hydrogen) atoms. The SMILES string of the molecule is C=C(NC)c1cc(CC2CCCCC2)ccn1. The van der Waals surface area contributed by atoms with Crippen molar-refractivity contribution in [3.63, 3.8) is 0 Å². The summed E-state index contributed by atoms with van der Waals surface area (Å²) >= 11 is 0. The second-order valence-electron chi connectivity index (χ2n) is 4.99. The lowest BCUT2D eigenvalue weighted by molar-refractivity contribution is 0.356. The van der Waals surface area contributed by atoms with Gasteiger partial charge in [0.2, 0.25) is 0 Å². The first-order chi connectivity index (χ1) is 8.29. The molecule has 1 fully saturated rings. The van der Waals surface area contributed by atoms with E-state index in [0.717, 1.165) is 17.3 Å². The van der Waals surface area contributed by atoms with E-state index in [0.29, 0.717) is 0 Å². The lowest BCUT2D eigenvalue weighted by Crippen LogP contribution is -2.10. The Morgan fingerprint density at radius 3 is 2.88 bits per heavy atom. The van der Waals surface area contributed by atoms with Gasteiger partial charge in [0.1, 0.15) is 0 Å². The molecule has 0 amide bonds. The summed E-state index contributed by atoms with van der Waals surface area (Å²) in [6.07, 6.45) is 10.1. The van der Waals surface area contributed by atoms with E-state index in [1.54, 1.807) is 0 Å². The van der Waals surface area contributed by atoms with Gasteiger partial charge in [0.25, 0.3) is 0 Å². The zero-order valence-electron chi connectivity index (χ0n) is 10.7. The molecular formula is C15H22N2. The third-order valence-electron chi connectivity index (χ3n) is 3.68. The van der Waals surface area contributed by atoms with Gasteiger partial charge in [0.05, 0.1) is 11.4 Å². The number of aromatic nitrogens is 1. The molecule has 0 aliphatic heterocycles. The summed E-state index contributed by atoms with van der Waals surface area (Å²) in [5.41, 5.74) is 3.27. The minimum absolute atomic E-state index is 0.877. The molecule has 2 nitrogen and oxygen atoms in total. The van der Waals surface area contributed by atoms with E-state index in [1.807, 2.05) is 13.2 Å². The van der Waals surface area contributed by atoms with E-state index >= 15 is 0 Å². The van der Waals surface area contributed by atoms with E-state index in [1.165, 1.54) is 44.1 Å². The minimum Gasteiger partial charge on any atom is -0.387 e. The zero-order chi connectivity index (χ0) is 12.1. The van der Waals surface area contributed by atoms with Crippen LogP contribution in [0.3, 0.4) is 0 Å². The molecule has 0 saturated heterocycles. The highest BCUT2D eigenvalue weighted by Gasteiger charge is 2.14. The highest BCUT2D eigenvalue weighted by molar-refractivity contribution is 5.58. The first-order valence-corrected chi connectivity index (χ1v) is 6.61. The first-order valence-electron chi connectivity index (χ1n) is 6.61. The number of hydrogen-bond acceptors (Lipinski definition) is 2. The van der Waals surface area contributed by atoms with E-state index < -0.39 is 0 Å². The molecule has 0 spiro atoms. The summed E-state index contributed by atoms with van der Waals surface area (Å²) in [7, 11) is 1.89. The highest BCUT2D eigenvalue weighted by atomic mass is 14.9. The molecular weight excluding hydrogens is 208 g/mol. The van der Waals surface area contributed by atoms with Crippen LogP contribution in [0, 0.1) is 5.92 Å². The van der Waals surface area contributed by atoms with Crippen LogP contribution in [0.15, 0.2) is 24.9 Å². The molecule has 1 heterocycles. The first kappa shape index (κ1) is 12.2. The minimum atomic E-state index is 0.877. The van der Waals surface area contributed by atoms with Crippen LogP contribution in [0.5, 0.6) is 0 Å². The largest absolute Gasteiger partial charge is 0.387 e. The Hall–Kier alpha value is -1.31. The third kappa shape index (κ3) is 3.32. The molecule has 1 aliphatic rings. The molecule has 0 aromatic carbocycles. The van der Waals surface area contributed by atoms with Gasteiger partial charge in [-0.25, -0.2) is 0 Å². The van der Waals surface area contributed by atoms with E-state index in [-0.39, 0.29) is 0 Å². The van der Waals surface area contributed by atoms with Crippen molar-refractivity contribution in [1.29, 1.82) is 0 Å². The second kappa shape index (κ2) is 5.85. The van der Waals surface area contributed by atoms with Crippen LogP contribution in [-0.2, 0) is 6.42 Å². The maximum Gasteiger partial charge on any atom is 0.0857 e. The molecule has 1 N–H and O–H groups in total. The third-order valence-corrected chi connectivity index (χ3v) is 3.68. The lowest BCUT2D eigenvalue weighted by Gasteiger charge is -2.21. The fourth-order valence-corrected chi connectivity index (χ4v) is 2.62. The Labute approximate surface area is 104 Å². The van der Waals surface area contributed by atoms with Gasteiger partial charge in [-0.2, -0.15) is 0 Å². The number of pyridine rings is 1. The summed E-state index contributed by atoms with van der Waals surface area (Å²) < 4.78 is 0. The van der Waals surface area contributed by atoms with Crippen LogP contribution in [0.25, 0.3) is 5.70 Å². The van der Waals surface area contributed by atoms with Gasteiger partial charge in [-0.05, 0) is 30.0 Å². The van der Waals surface area contributed by atoms with Crippen LogP contribution in [0.2, 0.25) is 0 Å². The quantitative estimate of drug-likeness (QED) is 0.857. The van der Waals surface area contributed by atoms with Crippen molar-refractivity contribution >= 4 is 5.70 Å². The fourth-order valence-electron chi connectivity index (χ4n) is 2.62. The monoisotopic (exact) mass is 230 g/mol. The summed E-state index contributed by atoms with van der Waals surface area (Å²) in [6.45, 7) is 3.96. The molecule has 1 saturated carbocycles. The average Bonchev–Trinajstić information content (AvgIpc) is 2.39. The van der Waals surface area contributed by atoms with Crippen molar-refractivity contribution in [1.82, 2.24) is 10.3 Å². The molecule has 1 aromatic rings. The molecule has 2 rings (SSSR count). The second-order valence-corrected chi connectivity index (χ2v) is 4.99. The molecule has 0 unspecified atom stereocenters. The Kier molecular flexibility index (Phi) is 4.18. The van der Waals surface area contributed by atoms with E-state index in [4.69, 9.17) is 0 Å². The van der Waals surface area contributed by atoms with Gasteiger partial charge in [-0.1, -0.05) is 38.7 Å². The van der Waals surface area contributed by atoms with Crippen LogP contribution in [0.1, 0.15) is 43.4 Å². The Morgan fingerprint density at radius 1 is 1.41 bits per heavy atom. The molecule has 1 aliphatic carbocycles. The summed E-state index contributed by atoms with van der Waals surface area (Å²) in [6, 6.07) is 4.31. The fraction of sp³-hybridized carbons (Fsp3) is 0.533. The number of nitrogens with zero attached hydrogens (tertiary/aromatic N) is 1. The van der Waals surface area contributed by atoms with Crippen LogP contribution in [-0.4, -0.2) is 12.0 Å². The van der Waals surface area contributed by atoms with Gasteiger partial charge in [-0.3, -0.25) is 4.98 Å². The molecule has 92 valence electrons. The number of rotatable bonds is 4. The average molecular weight is 230 g/mol. The summed E-state index contributed by atoms with van der Waals surface area (Å²) in [4.78, 5) is 4.34. The van der Waals surface area contributed by atoms with Crippen molar-refractivity contribution in [2.75, 3.05) is 7.05 Å². The van der Waals surface area contributed by atoms with Crippen molar-refractivity contribution in [3.05, 3.63) is 36.2 Å². The van der Waals surface area contributed by atoms with Crippen molar-refractivity contribution in [3.8, 4) is 0 Å². The van der Waals surface area contributed by atoms with E-state index in [2.05, 4.69) is 29.0 Å². The molecule has 2 heteroatoms. The molecule has 0 radical (unpaired) electrons. The maximum atomic E-state index is 4.34. The van der Waals surface area contributed by atoms with Crippen molar-refractivity contribution in [2.24, 2.45) is 5.92 Å². The smallest absolute Gasteiger partial charge is 0.0857 e. The van der Waals surface area contributed by atoms with Gasteiger partial charge in [0, 0.05) is 13.2 Å². The predicted molar refractivity (Wildman–Crippen MR) is 72.6 cm³/mol. The Balaban J connectivity index is 2.02. The molecule has 0 atom stereocenters. The predicted octanol–water partition coefficient (Wildman–Crippen LogP) is 3.39. The number of nitrogens with one attached hydrogen (secondary N) is 1. The van der Waals surface area contributed by atoms with Crippen LogP contribution < -0.4 is 5.32 Å². The zero-order valence-corrected chi connectivity index (χ0v) is 10.7. The van der Waals surface area contributed by atoms with Gasteiger partial charge in [-0.15, -0.1) is 0 Å². The molecule has 0 bridgehead atoms.